The number of benzene rings is 1. The summed E-state index contributed by atoms with van der Waals surface area (Å²) in [6.07, 6.45) is -0.0977. The lowest BCUT2D eigenvalue weighted by Crippen LogP contribution is -2.82. The van der Waals surface area contributed by atoms with Crippen LogP contribution >= 0.6 is 0 Å². The number of nitrogens with zero attached hydrogens (tertiary/aromatic N) is 1. The number of aliphatic hydroxyl groups is 3. The summed E-state index contributed by atoms with van der Waals surface area (Å²) in [5, 5.41) is 40.6. The minimum absolute atomic E-state index is 0.0742. The van der Waals surface area contributed by atoms with Crippen molar-refractivity contribution in [2.24, 2.45) is 34.5 Å². The molecule has 7 bridgehead atoms. The van der Waals surface area contributed by atoms with Crippen LogP contribution in [0.3, 0.4) is 0 Å². The first-order valence-corrected chi connectivity index (χ1v) is 16.0. The van der Waals surface area contributed by atoms with Gasteiger partial charge in [-0.25, -0.2) is 4.79 Å². The van der Waals surface area contributed by atoms with E-state index in [0.29, 0.717) is 38.0 Å². The molecule has 1 spiro atoms. The van der Waals surface area contributed by atoms with Crippen molar-refractivity contribution < 1.29 is 43.9 Å². The van der Waals surface area contributed by atoms with Crippen molar-refractivity contribution in [3.05, 3.63) is 29.8 Å². The molecule has 0 unspecified atom stereocenters. The van der Waals surface area contributed by atoms with Gasteiger partial charge in [0.05, 0.1) is 48.3 Å². The van der Waals surface area contributed by atoms with Gasteiger partial charge in [0.1, 0.15) is 11.2 Å². The van der Waals surface area contributed by atoms with Crippen LogP contribution in [0.5, 0.6) is 0 Å². The number of fused-ring (bicyclic) bond motifs is 2. The van der Waals surface area contributed by atoms with Crippen molar-refractivity contribution in [2.45, 2.75) is 81.2 Å². The number of likely N-dealkylation sites (N-methyl/N-ethyl adjacent to an activating group) is 1. The molecule has 11 heteroatoms. The minimum atomic E-state index is -1.73. The quantitative estimate of drug-likeness (QED) is 0.317. The maximum absolute atomic E-state index is 13.6. The van der Waals surface area contributed by atoms with Crippen LogP contribution in [-0.4, -0.2) is 115 Å². The second kappa shape index (κ2) is 10.2. The van der Waals surface area contributed by atoms with E-state index in [1.165, 1.54) is 6.92 Å². The average Bonchev–Trinajstić information content (AvgIpc) is 3.37. The molecule has 44 heavy (non-hydrogen) atoms. The Hall–Kier alpha value is -2.12. The fourth-order valence-corrected chi connectivity index (χ4v) is 12.0. The maximum atomic E-state index is 13.6. The molecule has 6 aliphatic rings. The predicted molar refractivity (Wildman–Crippen MR) is 158 cm³/mol. The third kappa shape index (κ3) is 3.47. The molecule has 1 saturated heterocycles. The SMILES string of the molecule is CCN1C[C@]2(COC(=O)c3ccccc3NC(C)=O)CC[C@H](OC)[C@@]34[C@@H]5C[C@@H]6[C@H](O)[C@@H]5[C@](O)(C[C@@H]6OC)[C@](O)([C@@H](OC)[C@H]23)[C@@H]14. The molecule has 5 aliphatic carbocycles. The Labute approximate surface area is 258 Å². The highest BCUT2D eigenvalue weighted by atomic mass is 16.5. The Kier molecular flexibility index (Phi) is 7.07. The first-order chi connectivity index (χ1) is 21.0. The molecule has 5 saturated carbocycles. The van der Waals surface area contributed by atoms with Crippen molar-refractivity contribution >= 4 is 17.6 Å². The molecule has 1 aromatic rings. The first kappa shape index (κ1) is 30.5. The first-order valence-electron chi connectivity index (χ1n) is 16.0. The second-order valence-corrected chi connectivity index (χ2v) is 14.3. The van der Waals surface area contributed by atoms with Crippen LogP contribution in [0.25, 0.3) is 0 Å². The zero-order chi connectivity index (χ0) is 31.4. The second-order valence-electron chi connectivity index (χ2n) is 14.3. The van der Waals surface area contributed by atoms with Crippen LogP contribution in [0.4, 0.5) is 5.69 Å². The molecule has 1 amide bonds. The van der Waals surface area contributed by atoms with Gasteiger partial charge >= 0.3 is 5.97 Å². The lowest BCUT2D eigenvalue weighted by Gasteiger charge is -2.70. The maximum Gasteiger partial charge on any atom is 0.340 e. The molecule has 0 aromatic heterocycles. The van der Waals surface area contributed by atoms with Crippen LogP contribution in [-0.2, 0) is 23.7 Å². The third-order valence-corrected chi connectivity index (χ3v) is 13.0. The number of esters is 1. The van der Waals surface area contributed by atoms with Gasteiger partial charge in [0.2, 0.25) is 5.91 Å². The molecule has 0 radical (unpaired) electrons. The molecule has 7 rings (SSSR count). The van der Waals surface area contributed by atoms with Gasteiger partial charge in [0, 0.05) is 69.8 Å². The topological polar surface area (TPSA) is 147 Å². The van der Waals surface area contributed by atoms with Crippen molar-refractivity contribution in [3.8, 4) is 0 Å². The number of hydrogen-bond donors (Lipinski definition) is 4. The number of aliphatic hydroxyl groups excluding tert-OH is 1. The van der Waals surface area contributed by atoms with Crippen LogP contribution < -0.4 is 5.32 Å². The lowest BCUT2D eigenvalue weighted by molar-refractivity contribution is -0.318. The van der Waals surface area contributed by atoms with Crippen molar-refractivity contribution in [2.75, 3.05) is 46.3 Å². The van der Waals surface area contributed by atoms with Gasteiger partial charge in [-0.3, -0.25) is 9.69 Å². The van der Waals surface area contributed by atoms with Crippen molar-refractivity contribution in [1.82, 2.24) is 4.90 Å². The molecule has 6 fully saturated rings. The van der Waals surface area contributed by atoms with E-state index in [1.54, 1.807) is 45.6 Å². The van der Waals surface area contributed by atoms with Gasteiger partial charge in [-0.05, 0) is 43.9 Å². The van der Waals surface area contributed by atoms with Gasteiger partial charge in [-0.1, -0.05) is 19.1 Å². The predicted octanol–water partition coefficient (Wildman–Crippen LogP) is 1.44. The molecule has 4 N–H and O–H groups in total. The Morgan fingerprint density at radius 2 is 1.86 bits per heavy atom. The van der Waals surface area contributed by atoms with E-state index in [-0.39, 0.29) is 48.4 Å². The number of hydrogen-bond acceptors (Lipinski definition) is 10. The molecule has 1 aliphatic heterocycles. The molecule has 11 nitrogen and oxygen atoms in total. The van der Waals surface area contributed by atoms with E-state index in [0.717, 1.165) is 0 Å². The fourth-order valence-electron chi connectivity index (χ4n) is 12.0. The number of methoxy groups -OCH3 is 3. The van der Waals surface area contributed by atoms with Gasteiger partial charge in [0.15, 0.2) is 0 Å². The number of amides is 1. The summed E-state index contributed by atoms with van der Waals surface area (Å²) in [5.74, 6) is -2.05. The van der Waals surface area contributed by atoms with Crippen molar-refractivity contribution in [3.63, 3.8) is 0 Å². The normalized spacial score (nSPS) is 48.2. The lowest BCUT2D eigenvalue weighted by atomic mass is 9.42. The van der Waals surface area contributed by atoms with Gasteiger partial charge in [-0.2, -0.15) is 0 Å². The average molecular weight is 615 g/mol. The van der Waals surface area contributed by atoms with E-state index in [2.05, 4.69) is 17.1 Å². The number of nitrogens with one attached hydrogen (secondary N) is 1. The number of ether oxygens (including phenoxy) is 4. The summed E-state index contributed by atoms with van der Waals surface area (Å²) in [5.41, 5.74) is -4.04. The summed E-state index contributed by atoms with van der Waals surface area (Å²) < 4.78 is 24.7. The smallest absolute Gasteiger partial charge is 0.340 e. The summed E-state index contributed by atoms with van der Waals surface area (Å²) in [7, 11) is 4.91. The fraction of sp³-hybridized carbons (Fsp3) is 0.758. The van der Waals surface area contributed by atoms with Crippen molar-refractivity contribution in [1.29, 1.82) is 0 Å². The number of likely N-dealkylation sites (tertiary alicyclic amines) is 1. The Balaban J connectivity index is 1.36. The molecular formula is C33H46N2O9. The van der Waals surface area contributed by atoms with E-state index in [4.69, 9.17) is 18.9 Å². The highest BCUT2D eigenvalue weighted by Gasteiger charge is 2.91. The van der Waals surface area contributed by atoms with E-state index in [9.17, 15) is 24.9 Å². The zero-order valence-electron chi connectivity index (χ0n) is 26.2. The highest BCUT2D eigenvalue weighted by Crippen LogP contribution is 2.80. The molecular weight excluding hydrogens is 568 g/mol. The summed E-state index contributed by atoms with van der Waals surface area (Å²) in [6, 6.07) is 6.30. The molecule has 242 valence electrons. The number of rotatable bonds is 8. The van der Waals surface area contributed by atoms with Gasteiger partial charge < -0.3 is 39.6 Å². The number of carbonyl (C=O) groups excluding carboxylic acids is 2. The minimum Gasteiger partial charge on any atom is -0.461 e. The molecule has 1 heterocycles. The third-order valence-electron chi connectivity index (χ3n) is 13.0. The van der Waals surface area contributed by atoms with E-state index >= 15 is 0 Å². The largest absolute Gasteiger partial charge is 0.461 e. The Morgan fingerprint density at radius 1 is 1.11 bits per heavy atom. The van der Waals surface area contributed by atoms with E-state index < -0.39 is 58.3 Å². The molecule has 13 atom stereocenters. The summed E-state index contributed by atoms with van der Waals surface area (Å²) >= 11 is 0. The van der Waals surface area contributed by atoms with E-state index in [1.807, 2.05) is 0 Å². The number of para-hydroxylation sites is 1. The van der Waals surface area contributed by atoms with Crippen LogP contribution in [0.1, 0.15) is 49.9 Å². The number of anilines is 1. The Bertz CT molecular complexity index is 1340. The Morgan fingerprint density at radius 3 is 2.52 bits per heavy atom. The summed E-state index contributed by atoms with van der Waals surface area (Å²) in [4.78, 5) is 27.7. The number of piperidine rings is 1. The highest BCUT2D eigenvalue weighted by molar-refractivity contribution is 6.00. The molecule has 1 aromatic carbocycles. The van der Waals surface area contributed by atoms with Gasteiger partial charge in [-0.15, -0.1) is 0 Å². The zero-order valence-corrected chi connectivity index (χ0v) is 26.2. The van der Waals surface area contributed by atoms with Crippen LogP contribution in [0.15, 0.2) is 24.3 Å². The number of carbonyl (C=O) groups is 2. The standard InChI is InChI=1S/C33H46N2O9/c1-6-35-15-30(16-44-28(38)18-9-7-8-10-21(18)34-17(2)36)12-11-23(42-4)32-20-13-19-22(41-3)14-31(39,24(20)25(19)37)33(40,29(32)35)27(43-5)26(30)32/h7-10,19-20,22-27,29,37,39-40H,6,11-16H2,1-5H3,(H,34,36)/t19-,20+,22-,23-,24+,25-,26+,27-,29-,30-,31+,32-,33-/m0/s1. The van der Waals surface area contributed by atoms with Gasteiger partial charge in [0.25, 0.3) is 0 Å². The summed E-state index contributed by atoms with van der Waals surface area (Å²) in [6.45, 7) is 4.67. The monoisotopic (exact) mass is 614 g/mol. The van der Waals surface area contributed by atoms with Crippen LogP contribution in [0, 0.1) is 34.5 Å². The van der Waals surface area contributed by atoms with Crippen LogP contribution in [0.2, 0.25) is 0 Å².